The Kier molecular flexibility index (Phi) is 5.54. The maximum Gasteiger partial charge on any atom is 0.231 e. The molecule has 2 aromatic rings. The van der Waals surface area contributed by atoms with Crippen molar-refractivity contribution in [3.8, 4) is 5.75 Å². The predicted octanol–water partition coefficient (Wildman–Crippen LogP) is 2.12. The fraction of sp³-hybridized carbons (Fsp3) is 0.474. The van der Waals surface area contributed by atoms with Gasteiger partial charge in [-0.25, -0.2) is 0 Å². The van der Waals surface area contributed by atoms with Gasteiger partial charge in [0.05, 0.1) is 5.92 Å². The normalized spacial score (nSPS) is 22.0. The molecule has 0 aliphatic carbocycles. The summed E-state index contributed by atoms with van der Waals surface area (Å²) in [5.41, 5.74) is 1.04. The molecule has 0 saturated carbocycles. The molecule has 8 nitrogen and oxygen atoms in total. The lowest BCUT2D eigenvalue weighted by molar-refractivity contribution is -0.128. The molecule has 2 N–H and O–H groups in total. The van der Waals surface area contributed by atoms with E-state index in [1.165, 1.54) is 11.3 Å². The van der Waals surface area contributed by atoms with E-state index in [1.807, 2.05) is 12.1 Å². The highest BCUT2D eigenvalue weighted by molar-refractivity contribution is 7.15. The first-order valence-electron chi connectivity index (χ1n) is 9.40. The van der Waals surface area contributed by atoms with Gasteiger partial charge >= 0.3 is 0 Å². The molecule has 2 saturated heterocycles. The van der Waals surface area contributed by atoms with Crippen molar-refractivity contribution in [3.63, 3.8) is 0 Å². The van der Waals surface area contributed by atoms with Crippen molar-refractivity contribution in [3.05, 3.63) is 34.8 Å². The molecule has 2 atom stereocenters. The fourth-order valence-electron chi connectivity index (χ4n) is 3.49. The Morgan fingerprint density at radius 3 is 2.89 bits per heavy atom. The summed E-state index contributed by atoms with van der Waals surface area (Å²) in [6.45, 7) is 1.69. The summed E-state index contributed by atoms with van der Waals surface area (Å²) < 4.78 is 5.59. The van der Waals surface area contributed by atoms with Crippen LogP contribution in [0.15, 0.2) is 24.3 Å². The SMILES string of the molecule is O=C(Nc1nnc([C@H]2CCCO2)s1)[C@H]1CC(=O)N(CCc2ccc(O)cc2)C1. The first kappa shape index (κ1) is 18.8. The third-order valence-corrected chi connectivity index (χ3v) is 6.00. The van der Waals surface area contributed by atoms with E-state index in [1.54, 1.807) is 17.0 Å². The quantitative estimate of drug-likeness (QED) is 0.767. The lowest BCUT2D eigenvalue weighted by Gasteiger charge is -2.16. The van der Waals surface area contributed by atoms with Crippen LogP contribution in [0, 0.1) is 5.92 Å². The molecule has 0 spiro atoms. The first-order valence-corrected chi connectivity index (χ1v) is 10.2. The van der Waals surface area contributed by atoms with Crippen molar-refractivity contribution in [2.24, 2.45) is 5.92 Å². The minimum Gasteiger partial charge on any atom is -0.508 e. The molecule has 0 radical (unpaired) electrons. The number of likely N-dealkylation sites (tertiary alicyclic amines) is 1. The van der Waals surface area contributed by atoms with Gasteiger partial charge in [-0.15, -0.1) is 10.2 Å². The number of hydrogen-bond acceptors (Lipinski definition) is 7. The zero-order valence-corrected chi connectivity index (χ0v) is 16.2. The van der Waals surface area contributed by atoms with Crippen LogP contribution in [-0.4, -0.2) is 51.7 Å². The van der Waals surface area contributed by atoms with Crippen LogP contribution in [-0.2, 0) is 20.7 Å². The van der Waals surface area contributed by atoms with Crippen molar-refractivity contribution in [1.82, 2.24) is 15.1 Å². The Balaban J connectivity index is 1.29. The monoisotopic (exact) mass is 402 g/mol. The van der Waals surface area contributed by atoms with Crippen molar-refractivity contribution < 1.29 is 19.4 Å². The lowest BCUT2D eigenvalue weighted by atomic mass is 10.1. The van der Waals surface area contributed by atoms with Crippen molar-refractivity contribution in [1.29, 1.82) is 0 Å². The highest BCUT2D eigenvalue weighted by atomic mass is 32.1. The lowest BCUT2D eigenvalue weighted by Crippen LogP contribution is -2.30. The molecule has 4 rings (SSSR count). The molecule has 2 fully saturated rings. The number of hydrogen-bond donors (Lipinski definition) is 2. The van der Waals surface area contributed by atoms with Gasteiger partial charge in [0.2, 0.25) is 16.9 Å². The van der Waals surface area contributed by atoms with Crippen LogP contribution < -0.4 is 5.32 Å². The largest absolute Gasteiger partial charge is 0.508 e. The fourth-order valence-corrected chi connectivity index (χ4v) is 4.32. The van der Waals surface area contributed by atoms with E-state index in [-0.39, 0.29) is 36.0 Å². The Morgan fingerprint density at radius 2 is 2.14 bits per heavy atom. The van der Waals surface area contributed by atoms with Crippen molar-refractivity contribution in [2.75, 3.05) is 25.0 Å². The molecule has 3 heterocycles. The molecule has 9 heteroatoms. The number of nitrogens with one attached hydrogen (secondary N) is 1. The molecule has 2 aliphatic heterocycles. The van der Waals surface area contributed by atoms with E-state index >= 15 is 0 Å². The summed E-state index contributed by atoms with van der Waals surface area (Å²) in [4.78, 5) is 26.5. The number of phenols is 1. The van der Waals surface area contributed by atoms with E-state index in [0.29, 0.717) is 24.6 Å². The van der Waals surface area contributed by atoms with Crippen LogP contribution in [0.1, 0.15) is 35.9 Å². The molecule has 0 bridgehead atoms. The van der Waals surface area contributed by atoms with Crippen LogP contribution in [0.25, 0.3) is 0 Å². The van der Waals surface area contributed by atoms with Crippen molar-refractivity contribution in [2.45, 2.75) is 31.8 Å². The molecule has 2 aliphatic rings. The van der Waals surface area contributed by atoms with Gasteiger partial charge in [-0.1, -0.05) is 23.5 Å². The van der Waals surface area contributed by atoms with E-state index in [9.17, 15) is 14.7 Å². The number of nitrogens with zero attached hydrogens (tertiary/aromatic N) is 3. The van der Waals surface area contributed by atoms with Gasteiger partial charge in [0.1, 0.15) is 16.9 Å². The van der Waals surface area contributed by atoms with E-state index < -0.39 is 0 Å². The molecule has 1 aromatic carbocycles. The molecule has 148 valence electrons. The second kappa shape index (κ2) is 8.24. The average Bonchev–Trinajstić information content (AvgIpc) is 3.42. The number of phenolic OH excluding ortho intramolecular Hbond substituents is 1. The maximum atomic E-state index is 12.5. The summed E-state index contributed by atoms with van der Waals surface area (Å²) in [6.07, 6.45) is 2.80. The molecule has 28 heavy (non-hydrogen) atoms. The van der Waals surface area contributed by atoms with Crippen molar-refractivity contribution >= 4 is 28.3 Å². The van der Waals surface area contributed by atoms with Gasteiger partial charge in [-0.05, 0) is 37.0 Å². The summed E-state index contributed by atoms with van der Waals surface area (Å²) >= 11 is 1.33. The summed E-state index contributed by atoms with van der Waals surface area (Å²) in [5, 5.41) is 21.5. The zero-order valence-electron chi connectivity index (χ0n) is 15.3. The average molecular weight is 402 g/mol. The molecular formula is C19H22N4O4S. The van der Waals surface area contributed by atoms with Crippen LogP contribution in [0.2, 0.25) is 0 Å². The first-order chi connectivity index (χ1) is 13.6. The standard InChI is InChI=1S/C19H22N4O4S/c24-14-5-3-12(4-6-14)7-8-23-11-13(10-16(23)25)17(26)20-19-22-21-18(28-19)15-2-1-9-27-15/h3-6,13,15,24H,1-2,7-11H2,(H,20,22,26)/t13-,15+/m0/s1. The number of aromatic nitrogens is 2. The van der Waals surface area contributed by atoms with Crippen LogP contribution in [0.3, 0.4) is 0 Å². The Bertz CT molecular complexity index is 848. The number of rotatable bonds is 6. The van der Waals surface area contributed by atoms with Gasteiger partial charge in [-0.2, -0.15) is 0 Å². The highest BCUT2D eigenvalue weighted by Gasteiger charge is 2.34. The predicted molar refractivity (Wildman–Crippen MR) is 103 cm³/mol. The number of ether oxygens (including phenoxy) is 1. The summed E-state index contributed by atoms with van der Waals surface area (Å²) in [7, 11) is 0. The Morgan fingerprint density at radius 1 is 1.32 bits per heavy atom. The third kappa shape index (κ3) is 4.31. The van der Waals surface area contributed by atoms with Crippen LogP contribution >= 0.6 is 11.3 Å². The second-order valence-electron chi connectivity index (χ2n) is 7.09. The van der Waals surface area contributed by atoms with Gasteiger partial charge in [0, 0.05) is 26.1 Å². The second-order valence-corrected chi connectivity index (χ2v) is 8.10. The summed E-state index contributed by atoms with van der Waals surface area (Å²) in [6, 6.07) is 6.93. The van der Waals surface area contributed by atoms with Crippen LogP contribution in [0.5, 0.6) is 5.75 Å². The smallest absolute Gasteiger partial charge is 0.231 e. The van der Waals surface area contributed by atoms with Gasteiger partial charge in [0.15, 0.2) is 0 Å². The number of carbonyl (C=O) groups excluding carboxylic acids is 2. The molecule has 0 unspecified atom stereocenters. The third-order valence-electron chi connectivity index (χ3n) is 5.07. The van der Waals surface area contributed by atoms with Gasteiger partial charge in [0.25, 0.3) is 0 Å². The van der Waals surface area contributed by atoms with Gasteiger partial charge in [-0.3, -0.25) is 9.59 Å². The molecular weight excluding hydrogens is 380 g/mol. The highest BCUT2D eigenvalue weighted by Crippen LogP contribution is 2.32. The summed E-state index contributed by atoms with van der Waals surface area (Å²) in [5.74, 6) is -0.383. The van der Waals surface area contributed by atoms with Gasteiger partial charge < -0.3 is 20.1 Å². The topological polar surface area (TPSA) is 105 Å². The van der Waals surface area contributed by atoms with E-state index in [2.05, 4.69) is 15.5 Å². The molecule has 1 aromatic heterocycles. The number of carbonyl (C=O) groups is 2. The van der Waals surface area contributed by atoms with E-state index in [0.717, 1.165) is 30.0 Å². The zero-order chi connectivity index (χ0) is 19.5. The minimum absolute atomic E-state index is 0.0174. The minimum atomic E-state index is -0.387. The Hall–Kier alpha value is -2.52. The number of benzene rings is 1. The number of aromatic hydroxyl groups is 1. The van der Waals surface area contributed by atoms with Crippen LogP contribution in [0.4, 0.5) is 5.13 Å². The maximum absolute atomic E-state index is 12.5. The van der Waals surface area contributed by atoms with E-state index in [4.69, 9.17) is 4.74 Å². The Labute approximate surface area is 166 Å². The number of anilines is 1. The number of amides is 2. The molecule has 2 amide bonds.